The molecule has 4 aromatic rings. The van der Waals surface area contributed by atoms with Crippen LogP contribution < -0.4 is 30.0 Å². The molecule has 1 amide bonds. The lowest BCUT2D eigenvalue weighted by molar-refractivity contribution is -0.117. The van der Waals surface area contributed by atoms with Crippen molar-refractivity contribution in [3.8, 4) is 17.2 Å². The average molecular weight is 491 g/mol. The summed E-state index contributed by atoms with van der Waals surface area (Å²) in [6.45, 7) is 6.00. The Labute approximate surface area is 205 Å². The lowest BCUT2D eigenvalue weighted by atomic mass is 10.1. The van der Waals surface area contributed by atoms with Crippen LogP contribution in [0, 0.1) is 0 Å². The Morgan fingerprint density at radius 3 is 2.72 bits per heavy atom. The van der Waals surface area contributed by atoms with Crippen LogP contribution in [-0.2, 0) is 4.79 Å². The highest BCUT2D eigenvalue weighted by molar-refractivity contribution is 6.15. The molecule has 11 nitrogen and oxygen atoms in total. The largest absolute Gasteiger partial charge is 0.492 e. The number of aromatic nitrogens is 3. The summed E-state index contributed by atoms with van der Waals surface area (Å²) in [5.74, 6) is 2.16. The van der Waals surface area contributed by atoms with Crippen LogP contribution >= 0.6 is 0 Å². The molecule has 3 N–H and O–H groups in total. The van der Waals surface area contributed by atoms with Gasteiger partial charge in [-0.15, -0.1) is 0 Å². The smallest absolute Gasteiger partial charge is 0.288 e. The molecule has 36 heavy (non-hydrogen) atoms. The van der Waals surface area contributed by atoms with Gasteiger partial charge in [-0.2, -0.15) is 5.10 Å². The Balaban J connectivity index is 1.17. The molecule has 2 aliphatic heterocycles. The molecule has 2 aromatic carbocycles. The first kappa shape index (κ1) is 22.2. The normalized spacial score (nSPS) is 15.5. The Bertz CT molecular complexity index is 1500. The van der Waals surface area contributed by atoms with Crippen molar-refractivity contribution in [3.63, 3.8) is 0 Å². The molecule has 0 spiro atoms. The zero-order valence-electron chi connectivity index (χ0n) is 19.8. The number of amides is 1. The van der Waals surface area contributed by atoms with Crippen LogP contribution in [0.5, 0.6) is 17.2 Å². The van der Waals surface area contributed by atoms with Crippen molar-refractivity contribution >= 4 is 39.2 Å². The molecular formula is C25H26N6O5. The Morgan fingerprint density at radius 1 is 1.14 bits per heavy atom. The van der Waals surface area contributed by atoms with Crippen LogP contribution in [0.3, 0.4) is 0 Å². The molecule has 2 aliphatic rings. The van der Waals surface area contributed by atoms with Crippen molar-refractivity contribution in [2.24, 2.45) is 0 Å². The van der Waals surface area contributed by atoms with E-state index in [1.54, 1.807) is 12.1 Å². The molecule has 11 heteroatoms. The van der Waals surface area contributed by atoms with E-state index in [-0.39, 0.29) is 24.8 Å². The lowest BCUT2D eigenvalue weighted by Crippen LogP contribution is -2.48. The number of carbonyl (C=O) groups excluding carboxylic acids is 1. The Kier molecular flexibility index (Phi) is 5.61. The molecule has 1 fully saturated rings. The molecule has 0 unspecified atom stereocenters. The minimum absolute atomic E-state index is 0.146. The summed E-state index contributed by atoms with van der Waals surface area (Å²) in [7, 11) is 0. The van der Waals surface area contributed by atoms with Crippen molar-refractivity contribution < 1.29 is 19.0 Å². The van der Waals surface area contributed by atoms with Crippen LogP contribution in [0.4, 0.5) is 11.5 Å². The number of para-hydroxylation sites is 2. The van der Waals surface area contributed by atoms with Gasteiger partial charge in [0.1, 0.15) is 11.3 Å². The number of carbonyl (C=O) groups is 1. The molecule has 2 aromatic heterocycles. The van der Waals surface area contributed by atoms with Gasteiger partial charge in [0.25, 0.3) is 5.56 Å². The van der Waals surface area contributed by atoms with Gasteiger partial charge < -0.3 is 29.4 Å². The zero-order chi connectivity index (χ0) is 24.6. The molecular weight excluding hydrogens is 464 g/mol. The SMILES string of the molecule is CCOc1ccccc1N1CCN(CC(=O)Nc2n[nH]c(=O)c3[nH]c4cc5c(cc4c23)OCO5)CC1. The second kappa shape index (κ2) is 9.08. The van der Waals surface area contributed by atoms with Gasteiger partial charge in [-0.25, -0.2) is 5.10 Å². The number of anilines is 2. The number of rotatable bonds is 6. The first-order valence-electron chi connectivity index (χ1n) is 11.9. The first-order valence-corrected chi connectivity index (χ1v) is 11.9. The highest BCUT2D eigenvalue weighted by Gasteiger charge is 2.23. The molecule has 0 radical (unpaired) electrons. The standard InChI is InChI=1S/C25H26N6O5/c1-2-34-18-6-4-3-5-17(18)31-9-7-30(8-10-31)13-21(32)27-24-22-15-11-19-20(36-14-35-19)12-16(15)26-23(22)25(33)29-28-24/h3-6,11-12,26H,2,7-10,13-14H2,1H3,(H,29,33)(H,27,28,32). The molecule has 6 rings (SSSR count). The summed E-state index contributed by atoms with van der Waals surface area (Å²) in [6, 6.07) is 11.6. The van der Waals surface area contributed by atoms with Gasteiger partial charge in [0, 0.05) is 37.6 Å². The fourth-order valence-electron chi connectivity index (χ4n) is 4.83. The van der Waals surface area contributed by atoms with E-state index >= 15 is 0 Å². The maximum atomic E-state index is 13.0. The molecule has 0 atom stereocenters. The number of hydrogen-bond donors (Lipinski definition) is 3. The second-order valence-corrected chi connectivity index (χ2v) is 8.74. The van der Waals surface area contributed by atoms with Crippen LogP contribution in [0.2, 0.25) is 0 Å². The second-order valence-electron chi connectivity index (χ2n) is 8.74. The van der Waals surface area contributed by atoms with Crippen LogP contribution in [0.25, 0.3) is 21.8 Å². The number of fused-ring (bicyclic) bond motifs is 4. The van der Waals surface area contributed by atoms with Gasteiger partial charge >= 0.3 is 0 Å². The van der Waals surface area contributed by atoms with Crippen molar-refractivity contribution in [2.45, 2.75) is 6.92 Å². The van der Waals surface area contributed by atoms with Crippen LogP contribution in [-0.4, -0.2) is 72.1 Å². The quantitative estimate of drug-likeness (QED) is 0.376. The third-order valence-electron chi connectivity index (χ3n) is 6.53. The third-order valence-corrected chi connectivity index (χ3v) is 6.53. The molecule has 4 heterocycles. The van der Waals surface area contributed by atoms with Crippen molar-refractivity contribution in [3.05, 3.63) is 46.8 Å². The number of H-pyrrole nitrogens is 2. The number of nitrogens with one attached hydrogen (secondary N) is 3. The maximum Gasteiger partial charge on any atom is 0.288 e. The van der Waals surface area contributed by atoms with Crippen LogP contribution in [0.1, 0.15) is 6.92 Å². The molecule has 0 aliphatic carbocycles. The molecule has 0 bridgehead atoms. The van der Waals surface area contributed by atoms with E-state index in [9.17, 15) is 9.59 Å². The van der Waals surface area contributed by atoms with Crippen molar-refractivity contribution in [1.29, 1.82) is 0 Å². The van der Waals surface area contributed by atoms with Gasteiger partial charge in [-0.1, -0.05) is 12.1 Å². The van der Waals surface area contributed by atoms with Gasteiger partial charge in [0.15, 0.2) is 17.3 Å². The zero-order valence-corrected chi connectivity index (χ0v) is 19.8. The molecule has 0 saturated carbocycles. The summed E-state index contributed by atoms with van der Waals surface area (Å²) in [6.07, 6.45) is 0. The predicted molar refractivity (Wildman–Crippen MR) is 135 cm³/mol. The third kappa shape index (κ3) is 3.97. The fourth-order valence-corrected chi connectivity index (χ4v) is 4.83. The van der Waals surface area contributed by atoms with Gasteiger partial charge in [0.2, 0.25) is 12.7 Å². The minimum Gasteiger partial charge on any atom is -0.492 e. The number of nitrogens with zero attached hydrogens (tertiary/aromatic N) is 3. The lowest BCUT2D eigenvalue weighted by Gasteiger charge is -2.36. The molecule has 1 saturated heterocycles. The minimum atomic E-state index is -0.371. The number of benzene rings is 2. The summed E-state index contributed by atoms with van der Waals surface area (Å²) in [5, 5.41) is 10.7. The fraction of sp³-hybridized carbons (Fsp3) is 0.320. The first-order chi connectivity index (χ1) is 17.6. The Morgan fingerprint density at radius 2 is 1.92 bits per heavy atom. The van der Waals surface area contributed by atoms with E-state index in [1.807, 2.05) is 25.1 Å². The highest BCUT2D eigenvalue weighted by Crippen LogP contribution is 2.39. The monoisotopic (exact) mass is 490 g/mol. The van der Waals surface area contributed by atoms with E-state index < -0.39 is 0 Å². The summed E-state index contributed by atoms with van der Waals surface area (Å²) in [5.41, 5.74) is 1.74. The van der Waals surface area contributed by atoms with Crippen molar-refractivity contribution in [1.82, 2.24) is 20.1 Å². The Hall–Kier alpha value is -4.25. The highest BCUT2D eigenvalue weighted by atomic mass is 16.7. The van der Waals surface area contributed by atoms with E-state index in [4.69, 9.17) is 14.2 Å². The van der Waals surface area contributed by atoms with E-state index in [1.165, 1.54) is 0 Å². The van der Waals surface area contributed by atoms with Crippen LogP contribution in [0.15, 0.2) is 41.2 Å². The number of hydrogen-bond acceptors (Lipinski definition) is 8. The van der Waals surface area contributed by atoms with Gasteiger partial charge in [-0.3, -0.25) is 14.5 Å². The summed E-state index contributed by atoms with van der Waals surface area (Å²) < 4.78 is 16.7. The van der Waals surface area contributed by atoms with Gasteiger partial charge in [-0.05, 0) is 25.1 Å². The predicted octanol–water partition coefficient (Wildman–Crippen LogP) is 2.29. The molecule has 186 valence electrons. The number of ether oxygens (including phenoxy) is 3. The van der Waals surface area contributed by atoms with E-state index in [0.29, 0.717) is 40.3 Å². The summed E-state index contributed by atoms with van der Waals surface area (Å²) in [4.78, 5) is 32.9. The van der Waals surface area contributed by atoms with Crippen molar-refractivity contribution in [2.75, 3.05) is 56.3 Å². The topological polar surface area (TPSA) is 125 Å². The summed E-state index contributed by atoms with van der Waals surface area (Å²) >= 11 is 0. The van der Waals surface area contributed by atoms with E-state index in [0.717, 1.165) is 43.0 Å². The average Bonchev–Trinajstić information content (AvgIpc) is 3.50. The number of aromatic amines is 2. The van der Waals surface area contributed by atoms with Gasteiger partial charge in [0.05, 0.1) is 29.7 Å². The van der Waals surface area contributed by atoms with E-state index in [2.05, 4.69) is 36.4 Å². The maximum absolute atomic E-state index is 13.0. The number of piperazine rings is 1.